The maximum absolute atomic E-state index is 11.0. The third kappa shape index (κ3) is 3.32. The van der Waals surface area contributed by atoms with Crippen LogP contribution in [0.1, 0.15) is 98.1 Å². The van der Waals surface area contributed by atoms with Crippen LogP contribution < -0.4 is 0 Å². The topological polar surface area (TPSA) is 50.2 Å². The maximum atomic E-state index is 11.0. The van der Waals surface area contributed by atoms with E-state index >= 15 is 0 Å². The monoisotopic (exact) mass is 429 g/mol. The second kappa shape index (κ2) is 7.04. The number of pyridine rings is 1. The first kappa shape index (κ1) is 21.4. The summed E-state index contributed by atoms with van der Waals surface area (Å²) in [6.45, 7) is 12.0. The van der Waals surface area contributed by atoms with Crippen molar-refractivity contribution in [2.45, 2.75) is 89.4 Å². The highest BCUT2D eigenvalue weighted by Crippen LogP contribution is 2.67. The number of aryl methyl sites for hydroxylation is 1. The van der Waals surface area contributed by atoms with Crippen molar-refractivity contribution < 1.29 is 9.90 Å². The molecule has 0 bridgehead atoms. The Hall–Kier alpha value is -2.42. The lowest BCUT2D eigenvalue weighted by Gasteiger charge is -2.43. The van der Waals surface area contributed by atoms with E-state index in [2.05, 4.69) is 57.8 Å². The second-order valence-electron chi connectivity index (χ2n) is 11.7. The molecular formula is C29H35NO2. The standard InChI is InChI=1S/C29H35NO2/c1-18-14-23-24(28(4,5)13-12-27(23,2)3)15-22(18)29-11-10-19(25(29)16-29)6-8-21-9-7-20(17-30-21)26(31)32/h6-7,9,14-15,17,25H,8,10-13,16H2,1-5H3,(H,31,32)/b19-6-. The molecule has 0 spiro atoms. The van der Waals surface area contributed by atoms with Crippen LogP contribution in [0.2, 0.25) is 0 Å². The highest BCUT2D eigenvalue weighted by atomic mass is 16.4. The summed E-state index contributed by atoms with van der Waals surface area (Å²) in [5.74, 6) is -0.259. The van der Waals surface area contributed by atoms with Gasteiger partial charge in [0, 0.05) is 23.7 Å². The molecule has 0 radical (unpaired) electrons. The van der Waals surface area contributed by atoms with Crippen LogP contribution in [0.25, 0.3) is 0 Å². The smallest absolute Gasteiger partial charge is 0.337 e. The zero-order chi connectivity index (χ0) is 22.9. The van der Waals surface area contributed by atoms with Gasteiger partial charge in [0.15, 0.2) is 0 Å². The predicted octanol–water partition coefficient (Wildman–Crippen LogP) is 6.66. The molecule has 3 aliphatic rings. The van der Waals surface area contributed by atoms with Crippen molar-refractivity contribution in [3.63, 3.8) is 0 Å². The molecule has 2 unspecified atom stereocenters. The molecule has 2 fully saturated rings. The summed E-state index contributed by atoms with van der Waals surface area (Å²) in [6, 6.07) is 8.61. The number of carboxylic acids is 1. The number of hydrogen-bond donors (Lipinski definition) is 1. The number of rotatable bonds is 4. The van der Waals surface area contributed by atoms with E-state index in [1.165, 1.54) is 43.9 Å². The summed E-state index contributed by atoms with van der Waals surface area (Å²) < 4.78 is 0. The van der Waals surface area contributed by atoms with Gasteiger partial charge >= 0.3 is 5.97 Å². The van der Waals surface area contributed by atoms with E-state index in [1.54, 1.807) is 28.3 Å². The Morgan fingerprint density at radius 1 is 1.06 bits per heavy atom. The number of fused-ring (bicyclic) bond motifs is 2. The Balaban J connectivity index is 1.41. The average Bonchev–Trinajstić information content (AvgIpc) is 3.37. The van der Waals surface area contributed by atoms with Gasteiger partial charge in [-0.25, -0.2) is 4.79 Å². The summed E-state index contributed by atoms with van der Waals surface area (Å²) in [5, 5.41) is 9.06. The molecule has 3 aliphatic carbocycles. The quantitative estimate of drug-likeness (QED) is 0.553. The molecule has 1 aromatic heterocycles. The normalized spacial score (nSPS) is 28.3. The van der Waals surface area contributed by atoms with Crippen molar-refractivity contribution >= 4 is 5.97 Å². The number of nitrogens with zero attached hydrogens (tertiary/aromatic N) is 1. The lowest BCUT2D eigenvalue weighted by molar-refractivity contribution is 0.0696. The van der Waals surface area contributed by atoms with Crippen LogP contribution in [-0.2, 0) is 22.7 Å². The summed E-state index contributed by atoms with van der Waals surface area (Å²) in [7, 11) is 0. The van der Waals surface area contributed by atoms with Crippen LogP contribution in [0.3, 0.4) is 0 Å². The van der Waals surface area contributed by atoms with Crippen molar-refractivity contribution in [1.82, 2.24) is 4.98 Å². The van der Waals surface area contributed by atoms with Crippen LogP contribution in [-0.4, -0.2) is 16.1 Å². The molecule has 0 aliphatic heterocycles. The van der Waals surface area contributed by atoms with E-state index in [9.17, 15) is 4.79 Å². The minimum absolute atomic E-state index is 0.248. The van der Waals surface area contributed by atoms with E-state index in [0.29, 0.717) is 11.3 Å². The van der Waals surface area contributed by atoms with Gasteiger partial charge in [0.2, 0.25) is 0 Å². The molecular weight excluding hydrogens is 394 g/mol. The van der Waals surface area contributed by atoms with Crippen LogP contribution in [0, 0.1) is 12.8 Å². The summed E-state index contributed by atoms with van der Waals surface area (Å²) in [5.41, 5.74) is 9.82. The second-order valence-corrected chi connectivity index (χ2v) is 11.7. The fourth-order valence-corrected chi connectivity index (χ4v) is 6.45. The van der Waals surface area contributed by atoms with Gasteiger partial charge in [0.25, 0.3) is 0 Å². The Morgan fingerprint density at radius 3 is 2.34 bits per heavy atom. The lowest BCUT2D eigenvalue weighted by atomic mass is 9.62. The maximum Gasteiger partial charge on any atom is 0.337 e. The van der Waals surface area contributed by atoms with Crippen LogP contribution in [0.5, 0.6) is 0 Å². The van der Waals surface area contributed by atoms with E-state index < -0.39 is 5.97 Å². The van der Waals surface area contributed by atoms with Gasteiger partial charge in [-0.1, -0.05) is 51.5 Å². The van der Waals surface area contributed by atoms with Gasteiger partial charge in [-0.15, -0.1) is 0 Å². The fourth-order valence-electron chi connectivity index (χ4n) is 6.45. The average molecular weight is 430 g/mol. The number of allylic oxidation sites excluding steroid dienone is 2. The van der Waals surface area contributed by atoms with E-state index in [-0.39, 0.29) is 16.4 Å². The molecule has 0 amide bonds. The zero-order valence-corrected chi connectivity index (χ0v) is 20.1. The first-order chi connectivity index (χ1) is 15.0. The van der Waals surface area contributed by atoms with Gasteiger partial charge in [0.05, 0.1) is 5.56 Å². The fraction of sp³-hybridized carbons (Fsp3) is 0.517. The number of benzene rings is 1. The first-order valence-corrected chi connectivity index (χ1v) is 12.1. The number of carboxylic acid groups (broad SMARTS) is 1. The van der Waals surface area contributed by atoms with Gasteiger partial charge in [-0.05, 0) is 90.2 Å². The summed E-state index contributed by atoms with van der Waals surface area (Å²) >= 11 is 0. The highest BCUT2D eigenvalue weighted by molar-refractivity contribution is 5.87. The molecule has 1 N–H and O–H groups in total. The number of aromatic carboxylic acids is 1. The molecule has 1 heterocycles. The van der Waals surface area contributed by atoms with Crippen molar-refractivity contribution in [2.75, 3.05) is 0 Å². The molecule has 32 heavy (non-hydrogen) atoms. The molecule has 0 saturated heterocycles. The van der Waals surface area contributed by atoms with Crippen molar-refractivity contribution in [2.24, 2.45) is 5.92 Å². The lowest BCUT2D eigenvalue weighted by Crippen LogP contribution is -2.34. The van der Waals surface area contributed by atoms with E-state index in [1.807, 2.05) is 6.07 Å². The predicted molar refractivity (Wildman–Crippen MR) is 128 cm³/mol. The Kier molecular flexibility index (Phi) is 4.71. The molecule has 1 aromatic carbocycles. The van der Waals surface area contributed by atoms with Crippen LogP contribution in [0.15, 0.2) is 42.1 Å². The SMILES string of the molecule is Cc1cc2c(cc1C13CC/C(=C/Cc4ccc(C(=O)O)cn4)C1C3)C(C)(C)CCC2(C)C. The third-order valence-corrected chi connectivity index (χ3v) is 8.76. The van der Waals surface area contributed by atoms with Crippen LogP contribution >= 0.6 is 0 Å². The summed E-state index contributed by atoms with van der Waals surface area (Å²) in [6.07, 6.45) is 10.8. The van der Waals surface area contributed by atoms with Gasteiger partial charge in [-0.2, -0.15) is 0 Å². The van der Waals surface area contributed by atoms with E-state index in [0.717, 1.165) is 12.1 Å². The van der Waals surface area contributed by atoms with Gasteiger partial charge in [0.1, 0.15) is 0 Å². The molecule has 2 aromatic rings. The molecule has 2 atom stereocenters. The Morgan fingerprint density at radius 2 is 1.75 bits per heavy atom. The number of aromatic nitrogens is 1. The van der Waals surface area contributed by atoms with Crippen molar-refractivity contribution in [1.29, 1.82) is 0 Å². The molecule has 2 saturated carbocycles. The summed E-state index contributed by atoms with van der Waals surface area (Å²) in [4.78, 5) is 15.4. The zero-order valence-electron chi connectivity index (χ0n) is 20.1. The molecule has 3 heteroatoms. The first-order valence-electron chi connectivity index (χ1n) is 12.1. The van der Waals surface area contributed by atoms with Gasteiger partial charge in [-0.3, -0.25) is 4.98 Å². The largest absolute Gasteiger partial charge is 0.478 e. The Labute approximate surface area is 192 Å². The van der Waals surface area contributed by atoms with Crippen molar-refractivity contribution in [3.05, 3.63) is 75.6 Å². The highest BCUT2D eigenvalue weighted by Gasteiger charge is 2.60. The minimum Gasteiger partial charge on any atom is -0.478 e. The number of carbonyl (C=O) groups is 1. The molecule has 3 nitrogen and oxygen atoms in total. The van der Waals surface area contributed by atoms with E-state index in [4.69, 9.17) is 5.11 Å². The third-order valence-electron chi connectivity index (χ3n) is 8.76. The Bertz CT molecular complexity index is 1120. The molecule has 168 valence electrons. The van der Waals surface area contributed by atoms with Crippen LogP contribution in [0.4, 0.5) is 0 Å². The number of hydrogen-bond acceptors (Lipinski definition) is 2. The van der Waals surface area contributed by atoms with Crippen molar-refractivity contribution in [3.8, 4) is 0 Å². The minimum atomic E-state index is -0.923. The molecule has 5 rings (SSSR count). The van der Waals surface area contributed by atoms with Gasteiger partial charge < -0.3 is 5.11 Å².